The number of benzene rings is 2. The molecule has 0 aliphatic carbocycles. The molecule has 0 aromatic heterocycles. The van der Waals surface area contributed by atoms with Gasteiger partial charge in [0.25, 0.3) is 0 Å². The molecule has 3 nitrogen and oxygen atoms in total. The van der Waals surface area contributed by atoms with Gasteiger partial charge in [-0.2, -0.15) is 0 Å². The van der Waals surface area contributed by atoms with Crippen LogP contribution < -0.4 is 15.2 Å². The average Bonchev–Trinajstić information content (AvgIpc) is 2.45. The summed E-state index contributed by atoms with van der Waals surface area (Å²) in [5, 5.41) is 1.42. The molecule has 1 unspecified atom stereocenters. The predicted octanol–water partition coefficient (Wildman–Crippen LogP) is 4.71. The summed E-state index contributed by atoms with van der Waals surface area (Å²) in [7, 11) is 3.07. The number of hydrogen-bond donors (Lipinski definition) is 1. The van der Waals surface area contributed by atoms with E-state index < -0.39 is 6.04 Å². The molecule has 0 saturated heterocycles. The first kappa shape index (κ1) is 16.2. The van der Waals surface area contributed by atoms with E-state index in [4.69, 9.17) is 50.0 Å². The second-order valence-electron chi connectivity index (χ2n) is 4.38. The summed E-state index contributed by atoms with van der Waals surface area (Å²) < 4.78 is 10.5. The molecule has 0 aliphatic rings. The van der Waals surface area contributed by atoms with Crippen LogP contribution in [0.2, 0.25) is 15.1 Å². The van der Waals surface area contributed by atoms with Crippen LogP contribution in [0.3, 0.4) is 0 Å². The molecular weight excluding hydrogens is 333 g/mol. The Morgan fingerprint density at radius 1 is 0.952 bits per heavy atom. The first-order valence-electron chi connectivity index (χ1n) is 6.10. The van der Waals surface area contributed by atoms with E-state index >= 15 is 0 Å². The zero-order chi connectivity index (χ0) is 15.6. The molecule has 112 valence electrons. The standard InChI is InChI=1S/C15H14Cl3NO2/c1-20-12-4-3-11(15(21-2)13(12)18)14(19)8-5-9(16)7-10(17)6-8/h3-7,14H,19H2,1-2H3. The SMILES string of the molecule is COc1ccc(C(N)c2cc(Cl)cc(Cl)c2)c(OC)c1Cl. The van der Waals surface area contributed by atoms with Crippen LogP contribution in [0.4, 0.5) is 0 Å². The Hall–Kier alpha value is -1.13. The van der Waals surface area contributed by atoms with Gasteiger partial charge >= 0.3 is 0 Å². The van der Waals surface area contributed by atoms with E-state index in [0.29, 0.717) is 26.6 Å². The minimum atomic E-state index is -0.473. The monoisotopic (exact) mass is 345 g/mol. The van der Waals surface area contributed by atoms with E-state index in [-0.39, 0.29) is 0 Å². The number of halogens is 3. The van der Waals surface area contributed by atoms with Gasteiger partial charge in [0, 0.05) is 15.6 Å². The van der Waals surface area contributed by atoms with Crippen LogP contribution >= 0.6 is 34.8 Å². The second-order valence-corrected chi connectivity index (χ2v) is 5.64. The van der Waals surface area contributed by atoms with Crippen LogP contribution in [0.25, 0.3) is 0 Å². The summed E-state index contributed by atoms with van der Waals surface area (Å²) in [6.07, 6.45) is 0. The third-order valence-electron chi connectivity index (χ3n) is 3.10. The Bertz CT molecular complexity index is 641. The number of nitrogens with two attached hydrogens (primary N) is 1. The van der Waals surface area contributed by atoms with Gasteiger partial charge in [0.1, 0.15) is 16.5 Å². The number of ether oxygens (including phenoxy) is 2. The minimum Gasteiger partial charge on any atom is -0.495 e. The summed E-state index contributed by atoms with van der Waals surface area (Å²) in [5.41, 5.74) is 7.79. The summed E-state index contributed by atoms with van der Waals surface area (Å²) in [6.45, 7) is 0. The lowest BCUT2D eigenvalue weighted by Crippen LogP contribution is -2.13. The minimum absolute atomic E-state index is 0.376. The van der Waals surface area contributed by atoms with E-state index in [2.05, 4.69) is 0 Å². The van der Waals surface area contributed by atoms with Gasteiger partial charge in [-0.1, -0.05) is 34.8 Å². The first-order chi connectivity index (χ1) is 9.97. The molecule has 0 spiro atoms. The smallest absolute Gasteiger partial charge is 0.146 e. The van der Waals surface area contributed by atoms with Crippen molar-refractivity contribution in [3.63, 3.8) is 0 Å². The van der Waals surface area contributed by atoms with Gasteiger partial charge in [-0.25, -0.2) is 0 Å². The maximum Gasteiger partial charge on any atom is 0.146 e. The summed E-state index contributed by atoms with van der Waals surface area (Å²) >= 11 is 18.3. The number of hydrogen-bond acceptors (Lipinski definition) is 3. The molecule has 6 heteroatoms. The van der Waals surface area contributed by atoms with Gasteiger partial charge in [-0.3, -0.25) is 0 Å². The molecule has 2 aromatic rings. The largest absolute Gasteiger partial charge is 0.495 e. The van der Waals surface area contributed by atoms with Crippen LogP contribution in [-0.4, -0.2) is 14.2 Å². The lowest BCUT2D eigenvalue weighted by atomic mass is 9.98. The van der Waals surface area contributed by atoms with Crippen molar-refractivity contribution < 1.29 is 9.47 Å². The third-order valence-corrected chi connectivity index (χ3v) is 3.89. The Morgan fingerprint density at radius 2 is 1.57 bits per heavy atom. The Labute approximate surface area is 138 Å². The van der Waals surface area contributed by atoms with Crippen LogP contribution in [0, 0.1) is 0 Å². The molecule has 0 fully saturated rings. The first-order valence-corrected chi connectivity index (χ1v) is 7.23. The van der Waals surface area contributed by atoms with E-state index in [9.17, 15) is 0 Å². The molecule has 21 heavy (non-hydrogen) atoms. The molecule has 0 radical (unpaired) electrons. The van der Waals surface area contributed by atoms with E-state index in [0.717, 1.165) is 11.1 Å². The van der Waals surface area contributed by atoms with E-state index in [1.54, 1.807) is 24.3 Å². The lowest BCUT2D eigenvalue weighted by molar-refractivity contribution is 0.390. The van der Waals surface area contributed by atoms with Gasteiger partial charge in [-0.15, -0.1) is 0 Å². The third kappa shape index (κ3) is 3.38. The average molecular weight is 347 g/mol. The van der Waals surface area contributed by atoms with Crippen molar-refractivity contribution in [3.8, 4) is 11.5 Å². The topological polar surface area (TPSA) is 44.5 Å². The van der Waals surface area contributed by atoms with Crippen molar-refractivity contribution in [1.82, 2.24) is 0 Å². The Kier molecular flexibility index (Phi) is 5.22. The van der Waals surface area contributed by atoms with Crippen molar-refractivity contribution in [1.29, 1.82) is 0 Å². The molecule has 2 rings (SSSR count). The van der Waals surface area contributed by atoms with Gasteiger partial charge in [-0.05, 0) is 35.9 Å². The quantitative estimate of drug-likeness (QED) is 0.871. The second kappa shape index (κ2) is 6.75. The number of methoxy groups -OCH3 is 2. The molecule has 2 N–H and O–H groups in total. The van der Waals surface area contributed by atoms with Crippen molar-refractivity contribution in [2.75, 3.05) is 14.2 Å². The van der Waals surface area contributed by atoms with Crippen LogP contribution in [0.5, 0.6) is 11.5 Å². The van der Waals surface area contributed by atoms with Crippen LogP contribution in [-0.2, 0) is 0 Å². The maximum absolute atomic E-state index is 6.29. The highest BCUT2D eigenvalue weighted by Crippen LogP contribution is 2.40. The van der Waals surface area contributed by atoms with Crippen LogP contribution in [0.1, 0.15) is 17.2 Å². The fourth-order valence-corrected chi connectivity index (χ4v) is 2.97. The Morgan fingerprint density at radius 3 is 2.10 bits per heavy atom. The zero-order valence-electron chi connectivity index (χ0n) is 11.5. The van der Waals surface area contributed by atoms with Gasteiger partial charge in [0.2, 0.25) is 0 Å². The molecule has 2 aromatic carbocycles. The molecule has 0 heterocycles. The number of rotatable bonds is 4. The van der Waals surface area contributed by atoms with Crippen molar-refractivity contribution in [3.05, 3.63) is 56.5 Å². The highest BCUT2D eigenvalue weighted by atomic mass is 35.5. The predicted molar refractivity (Wildman–Crippen MR) is 87.0 cm³/mol. The Balaban J connectivity index is 2.52. The summed E-state index contributed by atoms with van der Waals surface area (Å²) in [4.78, 5) is 0. The molecule has 0 amide bonds. The zero-order valence-corrected chi connectivity index (χ0v) is 13.8. The van der Waals surface area contributed by atoms with Gasteiger partial charge in [0.05, 0.1) is 20.3 Å². The lowest BCUT2D eigenvalue weighted by Gasteiger charge is -2.19. The van der Waals surface area contributed by atoms with Crippen molar-refractivity contribution in [2.24, 2.45) is 5.73 Å². The highest BCUT2D eigenvalue weighted by molar-refractivity contribution is 6.34. The van der Waals surface area contributed by atoms with Crippen LogP contribution in [0.15, 0.2) is 30.3 Å². The van der Waals surface area contributed by atoms with Crippen molar-refractivity contribution >= 4 is 34.8 Å². The fourth-order valence-electron chi connectivity index (χ4n) is 2.10. The molecule has 0 aliphatic heterocycles. The summed E-state index contributed by atoms with van der Waals surface area (Å²) in [6, 6.07) is 8.25. The molecule has 0 saturated carbocycles. The highest BCUT2D eigenvalue weighted by Gasteiger charge is 2.20. The van der Waals surface area contributed by atoms with Crippen molar-refractivity contribution in [2.45, 2.75) is 6.04 Å². The van der Waals surface area contributed by atoms with E-state index in [1.807, 2.05) is 6.07 Å². The normalized spacial score (nSPS) is 12.1. The summed E-state index contributed by atoms with van der Waals surface area (Å²) in [5.74, 6) is 0.994. The fraction of sp³-hybridized carbons (Fsp3) is 0.200. The van der Waals surface area contributed by atoms with E-state index in [1.165, 1.54) is 14.2 Å². The van der Waals surface area contributed by atoms with Gasteiger partial charge < -0.3 is 15.2 Å². The molecular formula is C15H14Cl3NO2. The molecule has 0 bridgehead atoms. The molecule has 1 atom stereocenters. The maximum atomic E-state index is 6.29. The van der Waals surface area contributed by atoms with Gasteiger partial charge in [0.15, 0.2) is 0 Å².